The topological polar surface area (TPSA) is 29.5 Å². The van der Waals surface area contributed by atoms with Crippen molar-refractivity contribution in [1.82, 2.24) is 0 Å². The van der Waals surface area contributed by atoms with Crippen molar-refractivity contribution in [2.45, 2.75) is 64.4 Å². The van der Waals surface area contributed by atoms with Gasteiger partial charge >= 0.3 is 0 Å². The van der Waals surface area contributed by atoms with E-state index >= 15 is 0 Å². The molecular weight excluding hydrogens is 267 g/mol. The van der Waals surface area contributed by atoms with Crippen LogP contribution in [-0.2, 0) is 0 Å². The van der Waals surface area contributed by atoms with Gasteiger partial charge < -0.3 is 9.84 Å². The number of aliphatic hydroxyl groups is 1. The highest BCUT2D eigenvalue weighted by Gasteiger charge is 2.18. The zero-order valence-electron chi connectivity index (χ0n) is 13.1. The molecule has 1 atom stereocenters. The Morgan fingerprint density at radius 1 is 1.24 bits per heavy atom. The monoisotopic (exact) mass is 294 g/mol. The summed E-state index contributed by atoms with van der Waals surface area (Å²) in [4.78, 5) is 0. The van der Waals surface area contributed by atoms with Gasteiger partial charge in [-0.15, -0.1) is 0 Å². The Morgan fingerprint density at radius 2 is 1.95 bits per heavy atom. The normalized spacial score (nSPS) is 18.0. The van der Waals surface area contributed by atoms with Crippen molar-refractivity contribution in [2.75, 3.05) is 6.61 Å². The van der Waals surface area contributed by atoms with E-state index in [2.05, 4.69) is 0 Å². The third-order valence-corrected chi connectivity index (χ3v) is 4.38. The van der Waals surface area contributed by atoms with Gasteiger partial charge in [0.2, 0.25) is 0 Å². The molecule has 0 saturated heterocycles. The summed E-state index contributed by atoms with van der Waals surface area (Å²) in [5.41, 5.74) is 0.961. The molecular formula is C18H27FO2. The maximum absolute atomic E-state index is 13.9. The maximum Gasteiger partial charge on any atom is 0.165 e. The van der Waals surface area contributed by atoms with Crippen LogP contribution in [0.3, 0.4) is 0 Å². The summed E-state index contributed by atoms with van der Waals surface area (Å²) in [5, 5.41) is 10.0. The third kappa shape index (κ3) is 4.99. The molecule has 0 aliphatic heterocycles. The number of halogens is 1. The fourth-order valence-electron chi connectivity index (χ4n) is 3.05. The highest BCUT2D eigenvalue weighted by molar-refractivity contribution is 5.30. The Balaban J connectivity index is 1.81. The lowest BCUT2D eigenvalue weighted by Crippen LogP contribution is -2.22. The molecule has 118 valence electrons. The van der Waals surface area contributed by atoms with Crippen LogP contribution in [0.1, 0.15) is 63.9 Å². The second kappa shape index (κ2) is 7.79. The molecule has 0 heterocycles. The fourth-order valence-corrected chi connectivity index (χ4v) is 3.05. The second-order valence-corrected chi connectivity index (χ2v) is 6.55. The molecule has 1 aromatic rings. The van der Waals surface area contributed by atoms with Gasteiger partial charge in [0, 0.05) is 0 Å². The predicted octanol–water partition coefficient (Wildman–Crippen LogP) is 4.66. The van der Waals surface area contributed by atoms with E-state index in [1.807, 2.05) is 19.9 Å². The largest absolute Gasteiger partial charge is 0.488 e. The number of aliphatic hydroxyl groups excluding tert-OH is 1. The Kier molecular flexibility index (Phi) is 6.04. The summed E-state index contributed by atoms with van der Waals surface area (Å²) < 4.78 is 19.4. The molecule has 1 aromatic carbocycles. The molecule has 21 heavy (non-hydrogen) atoms. The van der Waals surface area contributed by atoms with E-state index in [1.165, 1.54) is 38.2 Å². The van der Waals surface area contributed by atoms with Crippen molar-refractivity contribution in [3.8, 4) is 5.75 Å². The standard InChI is InChI=1S/C18H27FO2/c1-13(2)15-8-9-18(17(19)11-15)21-12-16(20)10-14-6-4-3-5-7-14/h8-9,11,13-14,16,20H,3-7,10,12H2,1-2H3. The second-order valence-electron chi connectivity index (χ2n) is 6.55. The van der Waals surface area contributed by atoms with E-state index in [9.17, 15) is 9.50 Å². The average molecular weight is 294 g/mol. The van der Waals surface area contributed by atoms with Crippen LogP contribution in [0.2, 0.25) is 0 Å². The average Bonchev–Trinajstić information content (AvgIpc) is 2.47. The number of hydrogen-bond acceptors (Lipinski definition) is 2. The molecule has 1 aliphatic rings. The molecule has 0 aromatic heterocycles. The van der Waals surface area contributed by atoms with Crippen LogP contribution in [0.25, 0.3) is 0 Å². The molecule has 3 heteroatoms. The summed E-state index contributed by atoms with van der Waals surface area (Å²) in [6, 6.07) is 5.07. The molecule has 0 amide bonds. The molecule has 2 rings (SSSR count). The minimum Gasteiger partial charge on any atom is -0.488 e. The molecule has 0 spiro atoms. The first-order chi connectivity index (χ1) is 10.1. The first kappa shape index (κ1) is 16.3. The van der Waals surface area contributed by atoms with Crippen LogP contribution in [-0.4, -0.2) is 17.8 Å². The summed E-state index contributed by atoms with van der Waals surface area (Å²) >= 11 is 0. The third-order valence-electron chi connectivity index (χ3n) is 4.38. The Bertz CT molecular complexity index is 439. The zero-order chi connectivity index (χ0) is 15.2. The molecule has 0 bridgehead atoms. The predicted molar refractivity (Wildman–Crippen MR) is 83.2 cm³/mol. The van der Waals surface area contributed by atoms with Crippen LogP contribution in [0, 0.1) is 11.7 Å². The highest BCUT2D eigenvalue weighted by Crippen LogP contribution is 2.28. The molecule has 1 N–H and O–H groups in total. The van der Waals surface area contributed by atoms with Crippen LogP contribution in [0.4, 0.5) is 4.39 Å². The van der Waals surface area contributed by atoms with Crippen LogP contribution in [0.15, 0.2) is 18.2 Å². The number of hydrogen-bond donors (Lipinski definition) is 1. The van der Waals surface area contributed by atoms with Gasteiger partial charge in [0.1, 0.15) is 6.61 Å². The lowest BCUT2D eigenvalue weighted by molar-refractivity contribution is 0.0765. The Labute approximate surface area is 127 Å². The van der Waals surface area contributed by atoms with Gasteiger partial charge in [-0.1, -0.05) is 52.0 Å². The molecule has 0 radical (unpaired) electrons. The molecule has 1 saturated carbocycles. The van der Waals surface area contributed by atoms with E-state index < -0.39 is 6.10 Å². The van der Waals surface area contributed by atoms with E-state index in [4.69, 9.17) is 4.74 Å². The van der Waals surface area contributed by atoms with E-state index in [1.54, 1.807) is 6.07 Å². The summed E-state index contributed by atoms with van der Waals surface area (Å²) in [5.74, 6) is 0.795. The smallest absolute Gasteiger partial charge is 0.165 e. The van der Waals surface area contributed by atoms with E-state index in [0.717, 1.165) is 12.0 Å². The van der Waals surface area contributed by atoms with Crippen LogP contribution >= 0.6 is 0 Å². The van der Waals surface area contributed by atoms with Gasteiger partial charge in [0.05, 0.1) is 6.10 Å². The molecule has 1 aliphatic carbocycles. The number of ether oxygens (including phenoxy) is 1. The molecule has 1 fully saturated rings. The molecule has 2 nitrogen and oxygen atoms in total. The number of rotatable bonds is 6. The SMILES string of the molecule is CC(C)c1ccc(OCC(O)CC2CCCCC2)c(F)c1. The molecule has 1 unspecified atom stereocenters. The highest BCUT2D eigenvalue weighted by atomic mass is 19.1. The maximum atomic E-state index is 13.9. The van der Waals surface area contributed by atoms with Crippen molar-refractivity contribution in [2.24, 2.45) is 5.92 Å². The summed E-state index contributed by atoms with van der Waals surface area (Å²) in [6.07, 6.45) is 6.52. The van der Waals surface area contributed by atoms with Gasteiger partial charge in [-0.25, -0.2) is 4.39 Å². The number of benzene rings is 1. The zero-order valence-corrected chi connectivity index (χ0v) is 13.1. The van der Waals surface area contributed by atoms with Crippen molar-refractivity contribution < 1.29 is 14.2 Å². The lowest BCUT2D eigenvalue weighted by Gasteiger charge is -2.24. The van der Waals surface area contributed by atoms with Crippen molar-refractivity contribution >= 4 is 0 Å². The van der Waals surface area contributed by atoms with E-state index in [-0.39, 0.29) is 18.2 Å². The van der Waals surface area contributed by atoms with E-state index in [0.29, 0.717) is 11.8 Å². The lowest BCUT2D eigenvalue weighted by atomic mass is 9.85. The fraction of sp³-hybridized carbons (Fsp3) is 0.667. The Hall–Kier alpha value is -1.09. The first-order valence-corrected chi connectivity index (χ1v) is 8.16. The van der Waals surface area contributed by atoms with Crippen molar-refractivity contribution in [1.29, 1.82) is 0 Å². The van der Waals surface area contributed by atoms with Crippen molar-refractivity contribution in [3.05, 3.63) is 29.6 Å². The van der Waals surface area contributed by atoms with Gasteiger partial charge in [0.15, 0.2) is 11.6 Å². The summed E-state index contributed by atoms with van der Waals surface area (Å²) in [6.45, 7) is 4.24. The van der Waals surface area contributed by atoms with Gasteiger partial charge in [-0.3, -0.25) is 0 Å². The quantitative estimate of drug-likeness (QED) is 0.827. The first-order valence-electron chi connectivity index (χ1n) is 8.16. The summed E-state index contributed by atoms with van der Waals surface area (Å²) in [7, 11) is 0. The van der Waals surface area contributed by atoms with Crippen LogP contribution in [0.5, 0.6) is 5.75 Å². The van der Waals surface area contributed by atoms with Gasteiger partial charge in [0.25, 0.3) is 0 Å². The Morgan fingerprint density at radius 3 is 2.57 bits per heavy atom. The minimum atomic E-state index is -0.503. The van der Waals surface area contributed by atoms with Gasteiger partial charge in [-0.05, 0) is 36.0 Å². The van der Waals surface area contributed by atoms with Gasteiger partial charge in [-0.2, -0.15) is 0 Å². The van der Waals surface area contributed by atoms with Crippen LogP contribution < -0.4 is 4.74 Å². The minimum absolute atomic E-state index is 0.175. The van der Waals surface area contributed by atoms with Crippen molar-refractivity contribution in [3.63, 3.8) is 0 Å².